The van der Waals surface area contributed by atoms with E-state index in [0.29, 0.717) is 12.1 Å². The third-order valence-corrected chi connectivity index (χ3v) is 4.08. The minimum atomic E-state index is -0.242. The highest BCUT2D eigenvalue weighted by Gasteiger charge is 2.24. The standard InChI is InChI=1S/C20H25NO3/c1-13(2)16-10-17(19(23)11-18(16)22)20(24)21(14(3)4)12-15-8-6-5-7-9-15/h5-11,13-14,22-23H,12H2,1-4H3. The smallest absolute Gasteiger partial charge is 0.258 e. The molecule has 0 aliphatic rings. The Kier molecular flexibility index (Phi) is 5.50. The Labute approximate surface area is 143 Å². The second-order valence-corrected chi connectivity index (χ2v) is 6.60. The molecule has 0 unspecified atom stereocenters. The molecule has 2 N–H and O–H groups in total. The van der Waals surface area contributed by atoms with Gasteiger partial charge < -0.3 is 15.1 Å². The van der Waals surface area contributed by atoms with Gasteiger partial charge in [-0.2, -0.15) is 0 Å². The monoisotopic (exact) mass is 327 g/mol. The highest BCUT2D eigenvalue weighted by Crippen LogP contribution is 2.33. The Hall–Kier alpha value is -2.49. The molecular weight excluding hydrogens is 302 g/mol. The first-order valence-electron chi connectivity index (χ1n) is 8.22. The van der Waals surface area contributed by atoms with Crippen molar-refractivity contribution in [3.63, 3.8) is 0 Å². The molecule has 0 heterocycles. The van der Waals surface area contributed by atoms with Crippen molar-refractivity contribution in [2.75, 3.05) is 0 Å². The molecule has 0 saturated carbocycles. The third kappa shape index (κ3) is 3.88. The molecule has 2 aromatic rings. The van der Waals surface area contributed by atoms with Crippen molar-refractivity contribution >= 4 is 5.91 Å². The zero-order valence-corrected chi connectivity index (χ0v) is 14.7. The van der Waals surface area contributed by atoms with E-state index in [2.05, 4.69) is 0 Å². The van der Waals surface area contributed by atoms with Crippen LogP contribution < -0.4 is 0 Å². The van der Waals surface area contributed by atoms with E-state index in [4.69, 9.17) is 0 Å². The number of benzene rings is 2. The number of amides is 1. The zero-order chi connectivity index (χ0) is 17.9. The second-order valence-electron chi connectivity index (χ2n) is 6.60. The van der Waals surface area contributed by atoms with Crippen molar-refractivity contribution in [1.29, 1.82) is 0 Å². The maximum atomic E-state index is 13.0. The number of hydrogen-bond acceptors (Lipinski definition) is 3. The molecule has 0 fully saturated rings. The minimum Gasteiger partial charge on any atom is -0.508 e. The van der Waals surface area contributed by atoms with Gasteiger partial charge in [0.15, 0.2) is 0 Å². The molecule has 0 saturated heterocycles. The van der Waals surface area contributed by atoms with Gasteiger partial charge in [0.2, 0.25) is 0 Å². The Morgan fingerprint density at radius 1 is 1.00 bits per heavy atom. The number of carbonyl (C=O) groups excluding carboxylic acids is 1. The predicted octanol–water partition coefficient (Wildman–Crippen LogP) is 4.27. The Morgan fingerprint density at radius 3 is 2.17 bits per heavy atom. The number of rotatable bonds is 5. The van der Waals surface area contributed by atoms with Gasteiger partial charge in [-0.25, -0.2) is 0 Å². The largest absolute Gasteiger partial charge is 0.508 e. The van der Waals surface area contributed by atoms with Gasteiger partial charge in [0.25, 0.3) is 5.91 Å². The molecule has 4 heteroatoms. The molecule has 0 atom stereocenters. The van der Waals surface area contributed by atoms with Gasteiger partial charge in [-0.15, -0.1) is 0 Å². The van der Waals surface area contributed by atoms with Crippen LogP contribution in [-0.2, 0) is 6.54 Å². The topological polar surface area (TPSA) is 60.8 Å². The van der Waals surface area contributed by atoms with Crippen molar-refractivity contribution in [3.8, 4) is 11.5 Å². The zero-order valence-electron chi connectivity index (χ0n) is 14.7. The van der Waals surface area contributed by atoms with Crippen molar-refractivity contribution in [2.45, 2.75) is 46.2 Å². The summed E-state index contributed by atoms with van der Waals surface area (Å²) in [4.78, 5) is 14.7. The summed E-state index contributed by atoms with van der Waals surface area (Å²) in [5.41, 5.74) is 1.91. The van der Waals surface area contributed by atoms with E-state index in [0.717, 1.165) is 5.56 Å². The summed E-state index contributed by atoms with van der Waals surface area (Å²) >= 11 is 0. The highest BCUT2D eigenvalue weighted by atomic mass is 16.3. The number of hydrogen-bond donors (Lipinski definition) is 2. The molecule has 0 bridgehead atoms. The lowest BCUT2D eigenvalue weighted by atomic mass is 9.98. The van der Waals surface area contributed by atoms with E-state index in [1.807, 2.05) is 58.0 Å². The number of phenolic OH excluding ortho intramolecular Hbond substituents is 2. The van der Waals surface area contributed by atoms with E-state index in [9.17, 15) is 15.0 Å². The Bertz CT molecular complexity index is 708. The molecule has 0 spiro atoms. The quantitative estimate of drug-likeness (QED) is 0.862. The molecule has 24 heavy (non-hydrogen) atoms. The molecule has 0 aromatic heterocycles. The van der Waals surface area contributed by atoms with Crippen molar-refractivity contribution < 1.29 is 15.0 Å². The fraction of sp³-hybridized carbons (Fsp3) is 0.350. The first kappa shape index (κ1) is 17.9. The Balaban J connectivity index is 2.38. The van der Waals surface area contributed by atoms with Crippen molar-refractivity contribution in [1.82, 2.24) is 4.90 Å². The van der Waals surface area contributed by atoms with Crippen LogP contribution in [0.2, 0.25) is 0 Å². The summed E-state index contributed by atoms with van der Waals surface area (Å²) in [6.45, 7) is 8.23. The van der Waals surface area contributed by atoms with Gasteiger partial charge in [-0.3, -0.25) is 4.79 Å². The molecule has 1 amide bonds. The summed E-state index contributed by atoms with van der Waals surface area (Å²) in [5, 5.41) is 20.1. The summed E-state index contributed by atoms with van der Waals surface area (Å²) < 4.78 is 0. The van der Waals surface area contributed by atoms with Gasteiger partial charge in [0.1, 0.15) is 11.5 Å². The molecule has 2 aromatic carbocycles. The number of phenols is 2. The lowest BCUT2D eigenvalue weighted by molar-refractivity contribution is 0.0687. The molecule has 0 radical (unpaired) electrons. The first-order chi connectivity index (χ1) is 11.3. The third-order valence-electron chi connectivity index (χ3n) is 4.08. The molecule has 4 nitrogen and oxygen atoms in total. The van der Waals surface area contributed by atoms with E-state index < -0.39 is 0 Å². The Morgan fingerprint density at radius 2 is 1.62 bits per heavy atom. The maximum absolute atomic E-state index is 13.0. The average Bonchev–Trinajstić information content (AvgIpc) is 2.52. The number of nitrogens with zero attached hydrogens (tertiary/aromatic N) is 1. The normalized spacial score (nSPS) is 11.1. The SMILES string of the molecule is CC(C)c1cc(C(=O)N(Cc2ccccc2)C(C)C)c(O)cc1O. The lowest BCUT2D eigenvalue weighted by Crippen LogP contribution is -2.36. The lowest BCUT2D eigenvalue weighted by Gasteiger charge is -2.27. The average molecular weight is 327 g/mol. The van der Waals surface area contributed by atoms with Gasteiger partial charge in [-0.1, -0.05) is 44.2 Å². The van der Waals surface area contributed by atoms with Crippen LogP contribution in [0.1, 0.15) is 55.1 Å². The van der Waals surface area contributed by atoms with Crippen LogP contribution >= 0.6 is 0 Å². The van der Waals surface area contributed by atoms with E-state index in [-0.39, 0.29) is 34.9 Å². The van der Waals surface area contributed by atoms with Gasteiger partial charge >= 0.3 is 0 Å². The van der Waals surface area contributed by atoms with Crippen LogP contribution in [0, 0.1) is 0 Å². The van der Waals surface area contributed by atoms with Crippen LogP contribution in [0.3, 0.4) is 0 Å². The second kappa shape index (κ2) is 7.39. The molecule has 128 valence electrons. The van der Waals surface area contributed by atoms with E-state index in [1.165, 1.54) is 6.07 Å². The fourth-order valence-corrected chi connectivity index (χ4v) is 2.65. The van der Waals surface area contributed by atoms with Crippen molar-refractivity contribution in [2.24, 2.45) is 0 Å². The van der Waals surface area contributed by atoms with Gasteiger partial charge in [0, 0.05) is 18.7 Å². The van der Waals surface area contributed by atoms with Crippen LogP contribution in [0.25, 0.3) is 0 Å². The van der Waals surface area contributed by atoms with Gasteiger partial charge in [-0.05, 0) is 37.0 Å². The number of carbonyl (C=O) groups is 1. The van der Waals surface area contributed by atoms with E-state index >= 15 is 0 Å². The van der Waals surface area contributed by atoms with Gasteiger partial charge in [0.05, 0.1) is 5.56 Å². The minimum absolute atomic E-state index is 0.0122. The van der Waals surface area contributed by atoms with Crippen molar-refractivity contribution in [3.05, 3.63) is 59.2 Å². The van der Waals surface area contributed by atoms with Crippen LogP contribution in [0.15, 0.2) is 42.5 Å². The van der Waals surface area contributed by atoms with Crippen LogP contribution in [0.5, 0.6) is 11.5 Å². The summed E-state index contributed by atoms with van der Waals surface area (Å²) in [6, 6.07) is 12.6. The molecule has 0 aliphatic heterocycles. The maximum Gasteiger partial charge on any atom is 0.258 e. The predicted molar refractivity (Wildman–Crippen MR) is 95.3 cm³/mol. The summed E-state index contributed by atoms with van der Waals surface area (Å²) in [5.74, 6) is -0.370. The molecule has 0 aliphatic carbocycles. The first-order valence-corrected chi connectivity index (χ1v) is 8.22. The van der Waals surface area contributed by atoms with E-state index in [1.54, 1.807) is 11.0 Å². The summed E-state index contributed by atoms with van der Waals surface area (Å²) in [6.07, 6.45) is 0. The molecular formula is C20H25NO3. The van der Waals surface area contributed by atoms with Crippen LogP contribution in [-0.4, -0.2) is 27.1 Å². The van der Waals surface area contributed by atoms with Crippen LogP contribution in [0.4, 0.5) is 0 Å². The number of aromatic hydroxyl groups is 2. The highest BCUT2D eigenvalue weighted by molar-refractivity contribution is 5.97. The summed E-state index contributed by atoms with van der Waals surface area (Å²) in [7, 11) is 0. The molecule has 2 rings (SSSR count). The fourth-order valence-electron chi connectivity index (χ4n) is 2.65.